The molecule has 0 saturated carbocycles. The van der Waals surface area contributed by atoms with Crippen molar-refractivity contribution >= 4 is 11.7 Å². The number of cyclic esters (lactones) is 1. The van der Waals surface area contributed by atoms with Crippen LogP contribution in [0.25, 0.3) is 0 Å². The van der Waals surface area contributed by atoms with Gasteiger partial charge in [0.1, 0.15) is 23.9 Å². The fraction of sp³-hybridized carbons (Fsp3) is 0.946. The zero-order chi connectivity index (χ0) is 39.7. The summed E-state index contributed by atoms with van der Waals surface area (Å²) >= 11 is 0. The molecule has 15 nitrogen and oxygen atoms in total. The van der Waals surface area contributed by atoms with E-state index in [9.17, 15) is 35.5 Å². The lowest BCUT2D eigenvalue weighted by atomic mass is 9.73. The van der Waals surface area contributed by atoms with Crippen LogP contribution in [-0.2, 0) is 33.2 Å². The maximum Gasteiger partial charge on any atom is 0.311 e. The van der Waals surface area contributed by atoms with Crippen LogP contribution in [0.3, 0.4) is 0 Å². The minimum atomic E-state index is -1.97. The molecule has 3 aliphatic heterocycles. The number of carbonyl (C=O) groups excluding carboxylic acids is 1. The van der Waals surface area contributed by atoms with Crippen LogP contribution in [0.5, 0.6) is 0 Å². The van der Waals surface area contributed by atoms with Gasteiger partial charge < -0.3 is 64.1 Å². The molecular formula is C37H68N2O13. The number of carbonyl (C=O) groups is 1. The van der Waals surface area contributed by atoms with Crippen molar-refractivity contribution in [1.29, 1.82) is 0 Å². The number of ether oxygens (including phenoxy) is 6. The number of aliphatic hydroxyl groups is 5. The molecule has 8 unspecified atom stereocenters. The van der Waals surface area contributed by atoms with Crippen molar-refractivity contribution in [1.82, 2.24) is 4.90 Å². The molecule has 0 aromatic carbocycles. The highest BCUT2D eigenvalue weighted by atomic mass is 16.7. The molecule has 6 N–H and O–H groups in total. The molecule has 52 heavy (non-hydrogen) atoms. The smallest absolute Gasteiger partial charge is 0.311 e. The molecule has 3 rings (SSSR count). The summed E-state index contributed by atoms with van der Waals surface area (Å²) in [5, 5.41) is 71.8. The van der Waals surface area contributed by atoms with E-state index in [2.05, 4.69) is 5.16 Å². The van der Waals surface area contributed by atoms with Crippen LogP contribution in [-0.4, -0.2) is 153 Å². The standard InChI is InChI=1S/C37H68N2O13/c1-14-25-37(10,45)30(41)20(4)27(38-46)18(2)16-35(8,44)32(52-34-28(40)24(39(11)12)15-19(3)48-34)21(5)29(22(6)33(43)50-25)51-26-17-36(9,47-13)31(42)23(7)49-26/h18-26,28-32,34,40-42,44-46H,14-17H2,1-13H3/b38-27+/t18-,19?,20+,21+,22-,23?,24?,25-,26?,28?,29+,30-,31?,32-,34?,35-,36?,37-/m1/s1. The van der Waals surface area contributed by atoms with E-state index in [1.54, 1.807) is 55.4 Å². The number of esters is 1. The highest BCUT2D eigenvalue weighted by Crippen LogP contribution is 2.41. The predicted molar refractivity (Wildman–Crippen MR) is 190 cm³/mol. The van der Waals surface area contributed by atoms with Crippen LogP contribution >= 0.6 is 0 Å². The summed E-state index contributed by atoms with van der Waals surface area (Å²) in [5.41, 5.74) is -4.68. The minimum absolute atomic E-state index is 0.0657. The van der Waals surface area contributed by atoms with Gasteiger partial charge in [-0.1, -0.05) is 32.9 Å². The van der Waals surface area contributed by atoms with Crippen LogP contribution in [0.1, 0.15) is 94.9 Å². The Balaban J connectivity index is 2.21. The number of aliphatic hydroxyl groups excluding tert-OH is 3. The third-order valence-electron chi connectivity index (χ3n) is 12.0. The monoisotopic (exact) mass is 748 g/mol. The highest BCUT2D eigenvalue weighted by molar-refractivity contribution is 5.88. The molecule has 0 bridgehead atoms. The maximum atomic E-state index is 14.1. The van der Waals surface area contributed by atoms with E-state index in [1.807, 2.05) is 25.9 Å². The summed E-state index contributed by atoms with van der Waals surface area (Å²) in [6.45, 7) is 16.6. The van der Waals surface area contributed by atoms with Crippen LogP contribution in [0.15, 0.2) is 5.16 Å². The Labute approximate surface area is 309 Å². The number of likely N-dealkylation sites (N-methyl/N-ethyl adjacent to an activating group) is 1. The fourth-order valence-corrected chi connectivity index (χ4v) is 8.61. The van der Waals surface area contributed by atoms with Gasteiger partial charge in [0.25, 0.3) is 0 Å². The van der Waals surface area contributed by atoms with E-state index in [-0.39, 0.29) is 37.1 Å². The van der Waals surface area contributed by atoms with E-state index >= 15 is 0 Å². The highest BCUT2D eigenvalue weighted by Gasteiger charge is 2.53. The number of hydrogen-bond acceptors (Lipinski definition) is 15. The fourth-order valence-electron chi connectivity index (χ4n) is 8.61. The SMILES string of the molecule is CC[C@H]1OC(=O)[C@H](C)[C@@H](OC2CC(C)(OC)C(O)C(C)O2)[C@H](C)[C@@H](OC2OC(C)CC(N(C)C)C2O)[C@](C)(O)C[C@@H](C)/C(=N\O)[C@H](C)[C@@H](O)[C@]1(C)O. The van der Waals surface area contributed by atoms with Gasteiger partial charge in [-0.05, 0) is 74.9 Å². The van der Waals surface area contributed by atoms with Gasteiger partial charge in [-0.2, -0.15) is 0 Å². The Morgan fingerprint density at radius 1 is 0.923 bits per heavy atom. The zero-order valence-electron chi connectivity index (χ0n) is 33.4. The van der Waals surface area contributed by atoms with Crippen LogP contribution in [0.2, 0.25) is 0 Å². The molecule has 3 fully saturated rings. The lowest BCUT2D eigenvalue weighted by Gasteiger charge is -2.49. The summed E-state index contributed by atoms with van der Waals surface area (Å²) in [5.74, 6) is -4.24. The van der Waals surface area contributed by atoms with E-state index in [0.29, 0.717) is 6.42 Å². The van der Waals surface area contributed by atoms with E-state index in [0.717, 1.165) is 0 Å². The molecule has 0 aliphatic carbocycles. The van der Waals surface area contributed by atoms with Crippen molar-refractivity contribution in [2.24, 2.45) is 28.8 Å². The Bertz CT molecular complexity index is 1200. The Morgan fingerprint density at radius 2 is 1.54 bits per heavy atom. The normalized spacial score (nSPS) is 49.8. The van der Waals surface area contributed by atoms with E-state index < -0.39 is 102 Å². The topological polar surface area (TPSA) is 209 Å². The van der Waals surface area contributed by atoms with E-state index in [1.165, 1.54) is 14.0 Å². The summed E-state index contributed by atoms with van der Waals surface area (Å²) in [6, 6.07) is -0.322. The lowest BCUT2D eigenvalue weighted by molar-refractivity contribution is -0.317. The van der Waals surface area contributed by atoms with E-state index in [4.69, 9.17) is 28.4 Å². The first kappa shape index (κ1) is 44.9. The number of nitrogens with zero attached hydrogens (tertiary/aromatic N) is 2. The molecule has 304 valence electrons. The van der Waals surface area contributed by atoms with Gasteiger partial charge in [0.2, 0.25) is 0 Å². The maximum absolute atomic E-state index is 14.1. The van der Waals surface area contributed by atoms with Gasteiger partial charge in [-0.3, -0.25) is 4.79 Å². The van der Waals surface area contributed by atoms with Gasteiger partial charge >= 0.3 is 5.97 Å². The minimum Gasteiger partial charge on any atom is -0.459 e. The quantitative estimate of drug-likeness (QED) is 0.125. The van der Waals surface area contributed by atoms with Gasteiger partial charge in [0.05, 0.1) is 53.4 Å². The van der Waals surface area contributed by atoms with Crippen molar-refractivity contribution in [3.8, 4) is 0 Å². The molecule has 0 aromatic rings. The third-order valence-corrected chi connectivity index (χ3v) is 12.0. The molecule has 3 aliphatic rings. The molecule has 0 aromatic heterocycles. The second-order valence-corrected chi connectivity index (χ2v) is 16.6. The van der Waals surface area contributed by atoms with Gasteiger partial charge in [0.15, 0.2) is 12.6 Å². The van der Waals surface area contributed by atoms with Crippen LogP contribution in [0.4, 0.5) is 0 Å². The Morgan fingerprint density at radius 3 is 2.08 bits per heavy atom. The summed E-state index contributed by atoms with van der Waals surface area (Å²) in [4.78, 5) is 16.0. The molecule has 0 amide bonds. The lowest BCUT2D eigenvalue weighted by Crippen LogP contribution is -2.61. The Hall–Kier alpha value is -1.50. The molecule has 3 heterocycles. The van der Waals surface area contributed by atoms with Crippen molar-refractivity contribution in [2.45, 2.75) is 179 Å². The first-order valence-corrected chi connectivity index (χ1v) is 18.7. The van der Waals surface area contributed by atoms with Crippen LogP contribution < -0.4 is 0 Å². The molecule has 18 atom stereocenters. The zero-order valence-corrected chi connectivity index (χ0v) is 33.4. The van der Waals surface area contributed by atoms with Crippen molar-refractivity contribution in [3.05, 3.63) is 0 Å². The first-order valence-electron chi connectivity index (χ1n) is 18.7. The number of oxime groups is 1. The molecular weight excluding hydrogens is 680 g/mol. The average molecular weight is 749 g/mol. The second-order valence-electron chi connectivity index (χ2n) is 16.6. The van der Waals surface area contributed by atoms with Crippen molar-refractivity contribution < 1.29 is 64.0 Å². The molecule has 0 radical (unpaired) electrons. The third kappa shape index (κ3) is 9.47. The average Bonchev–Trinajstić information content (AvgIpc) is 3.06. The van der Waals surface area contributed by atoms with Crippen molar-refractivity contribution in [2.75, 3.05) is 21.2 Å². The van der Waals surface area contributed by atoms with Gasteiger partial charge in [0, 0.05) is 37.3 Å². The molecule has 0 spiro atoms. The van der Waals surface area contributed by atoms with Crippen LogP contribution in [0, 0.1) is 23.7 Å². The summed E-state index contributed by atoms with van der Waals surface area (Å²) in [7, 11) is 5.19. The summed E-state index contributed by atoms with van der Waals surface area (Å²) < 4.78 is 37.2. The Kier molecular flexibility index (Phi) is 15.1. The van der Waals surface area contributed by atoms with Crippen molar-refractivity contribution in [3.63, 3.8) is 0 Å². The second kappa shape index (κ2) is 17.5. The summed E-state index contributed by atoms with van der Waals surface area (Å²) in [6.07, 6.45) is -9.51. The number of rotatable bonds is 7. The largest absolute Gasteiger partial charge is 0.459 e. The predicted octanol–water partition coefficient (Wildman–Crippen LogP) is 2.05. The first-order chi connectivity index (χ1) is 24.0. The van der Waals surface area contributed by atoms with Gasteiger partial charge in [-0.25, -0.2) is 0 Å². The van der Waals surface area contributed by atoms with Gasteiger partial charge in [-0.15, -0.1) is 0 Å². The number of hydrogen-bond donors (Lipinski definition) is 6. The molecule has 3 saturated heterocycles. The number of methoxy groups -OCH3 is 1. The molecule has 15 heteroatoms.